The molecular formula is C26H34N2O3. The van der Waals surface area contributed by atoms with E-state index in [1.807, 2.05) is 49.4 Å². The van der Waals surface area contributed by atoms with Gasteiger partial charge >= 0.3 is 0 Å². The third-order valence-electron chi connectivity index (χ3n) is 6.69. The Labute approximate surface area is 185 Å². The Morgan fingerprint density at radius 2 is 1.74 bits per heavy atom. The van der Waals surface area contributed by atoms with Crippen molar-refractivity contribution in [2.45, 2.75) is 63.6 Å². The van der Waals surface area contributed by atoms with E-state index in [1.54, 1.807) is 13.2 Å². The molecule has 5 nitrogen and oxygen atoms in total. The van der Waals surface area contributed by atoms with Gasteiger partial charge in [-0.05, 0) is 56.4 Å². The van der Waals surface area contributed by atoms with Crippen LogP contribution in [0.15, 0.2) is 48.5 Å². The maximum Gasteiger partial charge on any atom is 0.255 e. The number of ether oxygens (including phenoxy) is 2. The molecule has 0 spiro atoms. The van der Waals surface area contributed by atoms with Gasteiger partial charge in [-0.2, -0.15) is 0 Å². The van der Waals surface area contributed by atoms with E-state index in [2.05, 4.69) is 10.2 Å². The Bertz CT molecular complexity index is 856. The minimum Gasteiger partial charge on any atom is -0.497 e. The molecule has 1 atom stereocenters. The van der Waals surface area contributed by atoms with Crippen molar-refractivity contribution in [2.75, 3.05) is 20.2 Å². The highest BCUT2D eigenvalue weighted by molar-refractivity contribution is 5.97. The van der Waals surface area contributed by atoms with Crippen molar-refractivity contribution in [1.82, 2.24) is 10.2 Å². The number of carbonyl (C=O) groups is 1. The molecule has 1 aliphatic carbocycles. The van der Waals surface area contributed by atoms with Crippen molar-refractivity contribution in [3.8, 4) is 11.5 Å². The van der Waals surface area contributed by atoms with Gasteiger partial charge in [0.15, 0.2) is 0 Å². The van der Waals surface area contributed by atoms with Gasteiger partial charge in [-0.25, -0.2) is 0 Å². The molecule has 31 heavy (non-hydrogen) atoms. The third kappa shape index (κ3) is 5.40. The molecule has 0 aromatic heterocycles. The molecule has 5 heteroatoms. The standard InChI is InChI=1S/C26H34N2O3/c1-19(20-8-4-3-5-9-20)27-26(29)24-18-23(30-2)12-13-25(24)31-22-14-16-28(17-15-22)21-10-6-7-11-21/h3-5,8-9,12-13,18-19,21-22H,6-7,10-11,14-17H2,1-2H3,(H,27,29). The number of likely N-dealkylation sites (tertiary alicyclic amines) is 1. The normalized spacial score (nSPS) is 19.2. The van der Waals surface area contributed by atoms with E-state index in [9.17, 15) is 4.79 Å². The van der Waals surface area contributed by atoms with Crippen LogP contribution in [0.25, 0.3) is 0 Å². The number of nitrogens with zero attached hydrogens (tertiary/aromatic N) is 1. The molecule has 1 amide bonds. The quantitative estimate of drug-likeness (QED) is 0.684. The van der Waals surface area contributed by atoms with Crippen molar-refractivity contribution >= 4 is 5.91 Å². The van der Waals surface area contributed by atoms with Crippen LogP contribution in [-0.4, -0.2) is 43.2 Å². The molecule has 166 valence electrons. The maximum absolute atomic E-state index is 13.1. The van der Waals surface area contributed by atoms with E-state index in [-0.39, 0.29) is 18.1 Å². The van der Waals surface area contributed by atoms with E-state index in [4.69, 9.17) is 9.47 Å². The zero-order valence-electron chi connectivity index (χ0n) is 18.7. The number of hydrogen-bond donors (Lipinski definition) is 1. The lowest BCUT2D eigenvalue weighted by molar-refractivity contribution is 0.0748. The number of hydrogen-bond acceptors (Lipinski definition) is 4. The van der Waals surface area contributed by atoms with E-state index in [0.717, 1.165) is 37.5 Å². The van der Waals surface area contributed by atoms with Gasteiger partial charge in [0.25, 0.3) is 5.91 Å². The highest BCUT2D eigenvalue weighted by Gasteiger charge is 2.28. The van der Waals surface area contributed by atoms with Crippen LogP contribution in [0, 0.1) is 0 Å². The van der Waals surface area contributed by atoms with Crippen LogP contribution in [0.3, 0.4) is 0 Å². The molecule has 1 saturated heterocycles. The van der Waals surface area contributed by atoms with Crippen molar-refractivity contribution in [1.29, 1.82) is 0 Å². The van der Waals surface area contributed by atoms with Crippen LogP contribution >= 0.6 is 0 Å². The number of piperidine rings is 1. The Balaban J connectivity index is 1.42. The summed E-state index contributed by atoms with van der Waals surface area (Å²) in [4.78, 5) is 15.8. The summed E-state index contributed by atoms with van der Waals surface area (Å²) in [5.74, 6) is 1.15. The summed E-state index contributed by atoms with van der Waals surface area (Å²) in [7, 11) is 1.61. The number of methoxy groups -OCH3 is 1. The molecular weight excluding hydrogens is 388 g/mol. The maximum atomic E-state index is 13.1. The smallest absolute Gasteiger partial charge is 0.255 e. The molecule has 1 N–H and O–H groups in total. The fourth-order valence-corrected chi connectivity index (χ4v) is 4.82. The van der Waals surface area contributed by atoms with Crippen molar-refractivity contribution < 1.29 is 14.3 Å². The van der Waals surface area contributed by atoms with Gasteiger partial charge in [0.2, 0.25) is 0 Å². The van der Waals surface area contributed by atoms with E-state index in [1.165, 1.54) is 25.7 Å². The van der Waals surface area contributed by atoms with Crippen LogP contribution in [0.4, 0.5) is 0 Å². The van der Waals surface area contributed by atoms with E-state index < -0.39 is 0 Å². The SMILES string of the molecule is COc1ccc(OC2CCN(C3CCCC3)CC2)c(C(=O)NC(C)c2ccccc2)c1. The molecule has 2 aromatic rings. The van der Waals surface area contributed by atoms with Gasteiger partial charge in [0.05, 0.1) is 18.7 Å². The zero-order valence-corrected chi connectivity index (χ0v) is 18.7. The summed E-state index contributed by atoms with van der Waals surface area (Å²) >= 11 is 0. The average Bonchev–Trinajstić information content (AvgIpc) is 3.35. The molecule has 2 aliphatic rings. The van der Waals surface area contributed by atoms with Crippen LogP contribution in [0.1, 0.15) is 67.4 Å². The second kappa shape index (κ2) is 10.2. The Hall–Kier alpha value is -2.53. The monoisotopic (exact) mass is 422 g/mol. The molecule has 1 aliphatic heterocycles. The first kappa shape index (κ1) is 21.7. The molecule has 1 saturated carbocycles. The molecule has 2 fully saturated rings. The lowest BCUT2D eigenvalue weighted by Gasteiger charge is -2.36. The number of nitrogens with one attached hydrogen (secondary N) is 1. The van der Waals surface area contributed by atoms with Gasteiger partial charge in [0.1, 0.15) is 17.6 Å². The predicted molar refractivity (Wildman–Crippen MR) is 123 cm³/mol. The van der Waals surface area contributed by atoms with Gasteiger partial charge in [-0.1, -0.05) is 43.2 Å². The summed E-state index contributed by atoms with van der Waals surface area (Å²) in [5, 5.41) is 3.10. The van der Waals surface area contributed by atoms with E-state index in [0.29, 0.717) is 17.1 Å². The van der Waals surface area contributed by atoms with Crippen LogP contribution < -0.4 is 14.8 Å². The Kier molecular flexibility index (Phi) is 7.13. The van der Waals surface area contributed by atoms with Crippen molar-refractivity contribution in [3.05, 3.63) is 59.7 Å². The second-order valence-corrected chi connectivity index (χ2v) is 8.76. The van der Waals surface area contributed by atoms with Gasteiger partial charge in [0, 0.05) is 19.1 Å². The fraction of sp³-hybridized carbons (Fsp3) is 0.500. The molecule has 0 bridgehead atoms. The zero-order chi connectivity index (χ0) is 21.6. The molecule has 0 radical (unpaired) electrons. The van der Waals surface area contributed by atoms with Gasteiger partial charge in [-0.3, -0.25) is 4.79 Å². The first-order chi connectivity index (χ1) is 15.1. The average molecular weight is 423 g/mol. The molecule has 1 unspecified atom stereocenters. The minimum atomic E-state index is -0.145. The predicted octanol–water partition coefficient (Wildman–Crippen LogP) is 4.97. The third-order valence-corrected chi connectivity index (χ3v) is 6.69. The number of rotatable bonds is 7. The largest absolute Gasteiger partial charge is 0.497 e. The lowest BCUT2D eigenvalue weighted by Crippen LogP contribution is -2.43. The summed E-state index contributed by atoms with van der Waals surface area (Å²) in [6.07, 6.45) is 7.57. The summed E-state index contributed by atoms with van der Waals surface area (Å²) in [6, 6.07) is 16.2. The number of amides is 1. The molecule has 1 heterocycles. The van der Waals surface area contributed by atoms with Gasteiger partial charge in [-0.15, -0.1) is 0 Å². The first-order valence-electron chi connectivity index (χ1n) is 11.6. The highest BCUT2D eigenvalue weighted by Crippen LogP contribution is 2.30. The summed E-state index contributed by atoms with van der Waals surface area (Å²) in [5.41, 5.74) is 1.60. The number of carbonyl (C=O) groups excluding carboxylic acids is 1. The molecule has 2 aromatic carbocycles. The molecule has 4 rings (SSSR count). The summed E-state index contributed by atoms with van der Waals surface area (Å²) in [6.45, 7) is 4.16. The first-order valence-corrected chi connectivity index (χ1v) is 11.6. The van der Waals surface area contributed by atoms with Gasteiger partial charge < -0.3 is 19.7 Å². The highest BCUT2D eigenvalue weighted by atomic mass is 16.5. The topological polar surface area (TPSA) is 50.8 Å². The lowest BCUT2D eigenvalue weighted by atomic mass is 10.0. The van der Waals surface area contributed by atoms with Crippen LogP contribution in [0.5, 0.6) is 11.5 Å². The van der Waals surface area contributed by atoms with Crippen LogP contribution in [0.2, 0.25) is 0 Å². The Morgan fingerprint density at radius 1 is 1.03 bits per heavy atom. The van der Waals surface area contributed by atoms with Crippen LogP contribution in [-0.2, 0) is 0 Å². The van der Waals surface area contributed by atoms with Crippen molar-refractivity contribution in [3.63, 3.8) is 0 Å². The fourth-order valence-electron chi connectivity index (χ4n) is 4.82. The minimum absolute atomic E-state index is 0.0950. The second-order valence-electron chi connectivity index (χ2n) is 8.76. The summed E-state index contributed by atoms with van der Waals surface area (Å²) < 4.78 is 11.7. The van der Waals surface area contributed by atoms with E-state index >= 15 is 0 Å². The number of benzene rings is 2. The Morgan fingerprint density at radius 3 is 2.42 bits per heavy atom. The van der Waals surface area contributed by atoms with Crippen molar-refractivity contribution in [2.24, 2.45) is 0 Å².